The molecule has 0 bridgehead atoms. The highest BCUT2D eigenvalue weighted by atomic mass is 16.7. The number of carboxylic acid groups (broad SMARTS) is 1. The summed E-state index contributed by atoms with van der Waals surface area (Å²) in [7, 11) is 5.98. The van der Waals surface area contributed by atoms with Gasteiger partial charge in [-0.1, -0.05) is 364 Å². The fraction of sp³-hybridized carbons (Fsp3) is 0.663. The molecule has 101 heavy (non-hydrogen) atoms. The molecule has 0 amide bonds. The molecule has 0 rings (SSSR count). The van der Waals surface area contributed by atoms with Gasteiger partial charge in [0.05, 0.1) is 34.4 Å². The van der Waals surface area contributed by atoms with Gasteiger partial charge >= 0.3 is 17.9 Å². The molecular weight excluding hydrogens is 1250 g/mol. The van der Waals surface area contributed by atoms with Crippen LogP contribution in [0, 0.1) is 0 Å². The lowest BCUT2D eigenvalue weighted by Crippen LogP contribution is -2.40. The first kappa shape index (κ1) is 95.6. The molecule has 0 heterocycles. The van der Waals surface area contributed by atoms with Crippen LogP contribution in [-0.4, -0.2) is 87.4 Å². The second-order valence-corrected chi connectivity index (χ2v) is 28.3. The number of quaternary nitrogens is 1. The summed E-state index contributed by atoms with van der Waals surface area (Å²) >= 11 is 0. The van der Waals surface area contributed by atoms with Crippen molar-refractivity contribution in [2.75, 3.05) is 47.5 Å². The molecule has 1 N–H and O–H groups in total. The van der Waals surface area contributed by atoms with Gasteiger partial charge in [0, 0.05) is 12.8 Å². The van der Waals surface area contributed by atoms with Crippen molar-refractivity contribution in [1.82, 2.24) is 0 Å². The molecule has 0 saturated carbocycles. The number of unbranched alkanes of at least 4 members (excludes halogenated alkanes) is 32. The number of rotatable bonds is 75. The van der Waals surface area contributed by atoms with Crippen molar-refractivity contribution in [3.63, 3.8) is 0 Å². The van der Waals surface area contributed by atoms with Crippen LogP contribution in [-0.2, 0) is 33.3 Å². The molecule has 0 aromatic rings. The van der Waals surface area contributed by atoms with Gasteiger partial charge in [0.25, 0.3) is 6.29 Å². The number of likely N-dealkylation sites (N-methyl/N-ethyl adjacent to an activating group) is 1. The number of aliphatic carboxylic acids is 1. The van der Waals surface area contributed by atoms with Crippen LogP contribution in [0.1, 0.15) is 335 Å². The molecule has 9 heteroatoms. The lowest BCUT2D eigenvalue weighted by Gasteiger charge is -2.25. The van der Waals surface area contributed by atoms with Gasteiger partial charge < -0.3 is 28.5 Å². The second-order valence-electron chi connectivity index (χ2n) is 28.3. The van der Waals surface area contributed by atoms with E-state index in [1.165, 1.54) is 180 Å². The third-order valence-electron chi connectivity index (χ3n) is 17.5. The number of carboxylic acids is 1. The number of esters is 2. The summed E-state index contributed by atoms with van der Waals surface area (Å²) in [6, 6.07) is 0. The summed E-state index contributed by atoms with van der Waals surface area (Å²) in [6.45, 7) is 4.67. The largest absolute Gasteiger partial charge is 0.477 e. The Bertz CT molecular complexity index is 2280. The molecule has 0 saturated heterocycles. The number of hydrogen-bond acceptors (Lipinski definition) is 7. The van der Waals surface area contributed by atoms with Gasteiger partial charge in [-0.25, -0.2) is 4.79 Å². The molecule has 0 radical (unpaired) electrons. The SMILES string of the molecule is CC/C=C\C/C=C\C/C=C\C/C=C\C/C=C\C/C=C\C/C=C\CCCCCCCCCCCCCCCCCCCCCC(=O)OC(COC(=O)CCCCCCCCCCCCCCC/C=C\C/C=C\C/C=C\C/C=C\C/C=C\C/C=C\C/C=C\CC)COC(OCC[N+](C)(C)C)C(=O)O. The molecule has 0 aliphatic carbocycles. The molecule has 0 spiro atoms. The topological polar surface area (TPSA) is 108 Å². The number of carbonyl (C=O) groups excluding carboxylic acids is 2. The van der Waals surface area contributed by atoms with E-state index in [0.717, 1.165) is 128 Å². The first-order chi connectivity index (χ1) is 49.6. The molecule has 2 atom stereocenters. The first-order valence-electron chi connectivity index (χ1n) is 41.3. The molecule has 9 nitrogen and oxygen atoms in total. The summed E-state index contributed by atoms with van der Waals surface area (Å²) in [5.41, 5.74) is 0. The molecule has 0 fully saturated rings. The van der Waals surface area contributed by atoms with Crippen molar-refractivity contribution in [2.45, 2.75) is 347 Å². The second kappa shape index (κ2) is 80.3. The number of ether oxygens (including phenoxy) is 4. The summed E-state index contributed by atoms with van der Waals surface area (Å²) in [5.74, 6) is -2.00. The van der Waals surface area contributed by atoms with Crippen LogP contribution >= 0.6 is 0 Å². The number of hydrogen-bond donors (Lipinski definition) is 1. The summed E-state index contributed by atoms with van der Waals surface area (Å²) in [6.07, 6.45) is 118. The van der Waals surface area contributed by atoms with E-state index >= 15 is 0 Å². The van der Waals surface area contributed by atoms with Gasteiger partial charge in [-0.05, 0) is 128 Å². The lowest BCUT2D eigenvalue weighted by molar-refractivity contribution is -0.870. The normalized spacial score (nSPS) is 13.6. The standard InChI is InChI=1S/C92H153NO8/c1-6-8-10-12-14-16-18-20-22-24-26-28-30-32-34-36-38-40-42-43-44-45-46-47-49-51-53-55-57-59-61-63-65-67-69-71-73-75-77-79-81-83-90(95)101-88(87-100-92(91(96)97)98-85-84-93(3,4)5)86-99-89(94)82-80-78-76-74-72-70-68-66-64-62-60-58-56-54-52-50-48-41-39-37-35-33-31-29-27-25-23-21-19-17-15-13-11-9-7-2/h8-11,14-17,20-23,26-29,32-35,38-41,43-44,50,52,88,92H,6-7,12-13,18-19,24-25,30-31,36-37,42,45-49,51,53-87H2,1-5H3/p+1/b10-8-,11-9-,16-14-,17-15-,22-20-,23-21-,28-26-,29-27-,34-32-,35-33-,40-38-,41-39-,44-43-,52-50-. The van der Waals surface area contributed by atoms with Crippen LogP contribution in [0.2, 0.25) is 0 Å². The van der Waals surface area contributed by atoms with Gasteiger partial charge in [0.1, 0.15) is 13.2 Å². The average molecular weight is 1400 g/mol. The highest BCUT2D eigenvalue weighted by Gasteiger charge is 2.25. The Kier molecular flexibility index (Phi) is 76.1. The highest BCUT2D eigenvalue weighted by Crippen LogP contribution is 2.18. The zero-order valence-electron chi connectivity index (χ0n) is 65.8. The minimum atomic E-state index is -1.52. The minimum absolute atomic E-state index is 0.183. The molecule has 0 aliphatic rings. The van der Waals surface area contributed by atoms with Crippen LogP contribution in [0.5, 0.6) is 0 Å². The van der Waals surface area contributed by atoms with Crippen molar-refractivity contribution in [1.29, 1.82) is 0 Å². The predicted octanol–water partition coefficient (Wildman–Crippen LogP) is 26.9. The zero-order chi connectivity index (χ0) is 73.2. The number of allylic oxidation sites excluding steroid dienone is 28. The quantitative estimate of drug-likeness (QED) is 0.0211. The summed E-state index contributed by atoms with van der Waals surface area (Å²) < 4.78 is 23.1. The average Bonchev–Trinajstić information content (AvgIpc) is 1.21. The molecule has 2 unspecified atom stereocenters. The maximum absolute atomic E-state index is 13.0. The Hall–Kier alpha value is -5.35. The molecule has 0 aromatic heterocycles. The molecule has 0 aromatic carbocycles. The third-order valence-corrected chi connectivity index (χ3v) is 17.5. The van der Waals surface area contributed by atoms with E-state index in [2.05, 4.69) is 184 Å². The maximum atomic E-state index is 13.0. The maximum Gasteiger partial charge on any atom is 0.361 e. The van der Waals surface area contributed by atoms with Gasteiger partial charge in [-0.15, -0.1) is 0 Å². The Morgan fingerprint density at radius 1 is 0.297 bits per heavy atom. The Labute approximate surface area is 622 Å². The van der Waals surface area contributed by atoms with Crippen LogP contribution in [0.4, 0.5) is 0 Å². The third kappa shape index (κ3) is 81.8. The van der Waals surface area contributed by atoms with Crippen LogP contribution in [0.25, 0.3) is 0 Å². The lowest BCUT2D eigenvalue weighted by atomic mass is 10.0. The van der Waals surface area contributed by atoms with Crippen LogP contribution < -0.4 is 0 Å². The van der Waals surface area contributed by atoms with E-state index in [0.29, 0.717) is 17.4 Å². The predicted molar refractivity (Wildman–Crippen MR) is 437 cm³/mol. The minimum Gasteiger partial charge on any atom is -0.477 e. The first-order valence-corrected chi connectivity index (χ1v) is 41.3. The smallest absolute Gasteiger partial charge is 0.361 e. The zero-order valence-corrected chi connectivity index (χ0v) is 65.8. The van der Waals surface area contributed by atoms with E-state index in [-0.39, 0.29) is 32.2 Å². The fourth-order valence-corrected chi connectivity index (χ4v) is 11.3. The Morgan fingerprint density at radius 2 is 0.535 bits per heavy atom. The van der Waals surface area contributed by atoms with Gasteiger partial charge in [-0.3, -0.25) is 9.59 Å². The van der Waals surface area contributed by atoms with Gasteiger partial charge in [-0.2, -0.15) is 0 Å². The van der Waals surface area contributed by atoms with E-state index in [1.807, 2.05) is 21.1 Å². The van der Waals surface area contributed by atoms with Crippen molar-refractivity contribution >= 4 is 17.9 Å². The van der Waals surface area contributed by atoms with E-state index in [4.69, 9.17) is 18.9 Å². The van der Waals surface area contributed by atoms with Crippen molar-refractivity contribution in [3.8, 4) is 0 Å². The van der Waals surface area contributed by atoms with E-state index in [1.54, 1.807) is 0 Å². The highest BCUT2D eigenvalue weighted by molar-refractivity contribution is 5.71. The molecule has 0 aliphatic heterocycles. The Morgan fingerprint density at radius 3 is 0.792 bits per heavy atom. The Balaban J connectivity index is 4.04. The van der Waals surface area contributed by atoms with E-state index in [9.17, 15) is 19.5 Å². The summed E-state index contributed by atoms with van der Waals surface area (Å²) in [5, 5.41) is 9.78. The number of carbonyl (C=O) groups is 3. The van der Waals surface area contributed by atoms with Crippen molar-refractivity contribution < 1.29 is 42.9 Å². The summed E-state index contributed by atoms with van der Waals surface area (Å²) in [4.78, 5) is 37.8. The van der Waals surface area contributed by atoms with Gasteiger partial charge in [0.15, 0.2) is 6.10 Å². The molecule has 574 valence electrons. The van der Waals surface area contributed by atoms with Crippen molar-refractivity contribution in [2.24, 2.45) is 0 Å². The fourth-order valence-electron chi connectivity index (χ4n) is 11.3. The van der Waals surface area contributed by atoms with Crippen molar-refractivity contribution in [3.05, 3.63) is 170 Å². The van der Waals surface area contributed by atoms with Crippen LogP contribution in [0.15, 0.2) is 170 Å². The molecular formula is C92H154NO8+. The van der Waals surface area contributed by atoms with Crippen LogP contribution in [0.3, 0.4) is 0 Å². The monoisotopic (exact) mass is 1400 g/mol. The van der Waals surface area contributed by atoms with E-state index < -0.39 is 24.3 Å². The number of nitrogens with zero attached hydrogens (tertiary/aromatic N) is 1. The van der Waals surface area contributed by atoms with Gasteiger partial charge in [0.2, 0.25) is 0 Å².